The average Bonchev–Trinajstić information content (AvgIpc) is 2.76. The smallest absolute Gasteiger partial charge is 0.131 e. The van der Waals surface area contributed by atoms with Crippen LogP contribution in [0.2, 0.25) is 0 Å². The minimum Gasteiger partial charge on any atom is -0.457 e. The molecule has 0 aliphatic rings. The first-order valence-corrected chi connectivity index (χ1v) is 10.7. The van der Waals surface area contributed by atoms with Crippen molar-refractivity contribution in [1.29, 1.82) is 0 Å². The van der Waals surface area contributed by atoms with Crippen LogP contribution in [-0.2, 0) is 0 Å². The fourth-order valence-electron chi connectivity index (χ4n) is 3.49. The third-order valence-electron chi connectivity index (χ3n) is 5.50. The number of nitrogen functional groups attached to an aromatic ring is 3. The first kappa shape index (κ1) is 21.9. The maximum atomic E-state index is 6.18. The second kappa shape index (κ2) is 9.04. The van der Waals surface area contributed by atoms with Gasteiger partial charge in [0.05, 0.1) is 0 Å². The Kier molecular flexibility index (Phi) is 6.00. The minimum absolute atomic E-state index is 0.686. The Morgan fingerprint density at radius 2 is 0.939 bits per heavy atom. The summed E-state index contributed by atoms with van der Waals surface area (Å²) in [4.78, 5) is 0. The molecule has 0 aliphatic carbocycles. The zero-order valence-electron chi connectivity index (χ0n) is 19.1. The van der Waals surface area contributed by atoms with Gasteiger partial charge in [0.25, 0.3) is 0 Å². The Bertz CT molecular complexity index is 1140. The molecule has 0 amide bonds. The zero-order chi connectivity index (χ0) is 23.5. The van der Waals surface area contributed by atoms with Gasteiger partial charge in [0, 0.05) is 51.9 Å². The predicted molar refractivity (Wildman–Crippen MR) is 140 cm³/mol. The van der Waals surface area contributed by atoms with E-state index in [1.165, 1.54) is 0 Å². The van der Waals surface area contributed by atoms with Crippen molar-refractivity contribution in [3.63, 3.8) is 0 Å². The Morgan fingerprint density at radius 3 is 1.39 bits per heavy atom. The molecule has 0 saturated carbocycles. The number of nitrogens with two attached hydrogens (primary N) is 3. The van der Waals surface area contributed by atoms with Gasteiger partial charge in [-0.25, -0.2) is 0 Å². The summed E-state index contributed by atoms with van der Waals surface area (Å²) < 4.78 is 6.18. The second-order valence-corrected chi connectivity index (χ2v) is 8.26. The topological polar surface area (TPSA) is 111 Å². The van der Waals surface area contributed by atoms with Gasteiger partial charge in [0.1, 0.15) is 11.5 Å². The van der Waals surface area contributed by atoms with Crippen molar-refractivity contribution in [3.8, 4) is 11.5 Å². The van der Waals surface area contributed by atoms with Crippen LogP contribution in [0.4, 0.5) is 39.8 Å². The summed E-state index contributed by atoms with van der Waals surface area (Å²) in [5.74, 6) is 1.41. The molecule has 0 unspecified atom stereocenters. The van der Waals surface area contributed by atoms with Crippen molar-refractivity contribution in [2.24, 2.45) is 0 Å². The van der Waals surface area contributed by atoms with Crippen LogP contribution in [0.3, 0.4) is 0 Å². The third kappa shape index (κ3) is 5.30. The van der Waals surface area contributed by atoms with Crippen LogP contribution in [0.1, 0.15) is 16.7 Å². The molecule has 4 aromatic carbocycles. The van der Waals surface area contributed by atoms with Crippen LogP contribution in [0, 0.1) is 20.8 Å². The van der Waals surface area contributed by atoms with Gasteiger partial charge in [-0.05, 0) is 98.1 Å². The summed E-state index contributed by atoms with van der Waals surface area (Å²) in [7, 11) is 0. The lowest BCUT2D eigenvalue weighted by atomic mass is 10.1. The lowest BCUT2D eigenvalue weighted by molar-refractivity contribution is 0.483. The standard InChI is InChI=1S/C27H29N5O/c1-16-10-19(4-7-25(16)28)31-21-13-22(32-20-5-8-26(29)17(2)11-20)15-24(14-21)33-23-6-9-27(30)18(3)12-23/h4-15,31-32H,28-30H2,1-3H3. The quantitative estimate of drug-likeness (QED) is 0.215. The third-order valence-corrected chi connectivity index (χ3v) is 5.50. The van der Waals surface area contributed by atoms with Crippen molar-refractivity contribution >= 4 is 39.8 Å². The SMILES string of the molecule is Cc1cc(Nc2cc(Nc3ccc(N)c(C)c3)cc(Oc3ccc(N)c(C)c3)c2)ccc1N. The highest BCUT2D eigenvalue weighted by Crippen LogP contribution is 2.33. The molecule has 8 N–H and O–H groups in total. The molecule has 0 fully saturated rings. The molecule has 4 aromatic rings. The summed E-state index contributed by atoms with van der Waals surface area (Å²) in [6.07, 6.45) is 0. The van der Waals surface area contributed by atoms with E-state index in [1.54, 1.807) is 0 Å². The van der Waals surface area contributed by atoms with Crippen molar-refractivity contribution in [2.45, 2.75) is 20.8 Å². The molecule has 0 atom stereocenters. The molecule has 0 aromatic heterocycles. The van der Waals surface area contributed by atoms with Crippen LogP contribution in [0.5, 0.6) is 11.5 Å². The highest BCUT2D eigenvalue weighted by molar-refractivity contribution is 5.73. The van der Waals surface area contributed by atoms with E-state index in [-0.39, 0.29) is 0 Å². The van der Waals surface area contributed by atoms with E-state index in [2.05, 4.69) is 10.6 Å². The van der Waals surface area contributed by atoms with Crippen molar-refractivity contribution < 1.29 is 4.74 Å². The maximum Gasteiger partial charge on any atom is 0.131 e. The molecule has 0 spiro atoms. The molecule has 168 valence electrons. The molecule has 6 nitrogen and oxygen atoms in total. The zero-order valence-corrected chi connectivity index (χ0v) is 19.1. The molecule has 33 heavy (non-hydrogen) atoms. The average molecular weight is 440 g/mol. The highest BCUT2D eigenvalue weighted by Gasteiger charge is 2.08. The molecule has 0 heterocycles. The number of rotatable bonds is 6. The van der Waals surface area contributed by atoms with E-state index in [0.29, 0.717) is 5.75 Å². The fourth-order valence-corrected chi connectivity index (χ4v) is 3.49. The molecule has 4 rings (SSSR count). The van der Waals surface area contributed by atoms with Crippen LogP contribution in [0.25, 0.3) is 0 Å². The van der Waals surface area contributed by atoms with E-state index >= 15 is 0 Å². The number of hydrogen-bond donors (Lipinski definition) is 5. The van der Waals surface area contributed by atoms with Crippen molar-refractivity contribution in [2.75, 3.05) is 27.8 Å². The largest absolute Gasteiger partial charge is 0.457 e. The Labute approximate surface area is 194 Å². The van der Waals surface area contributed by atoms with Gasteiger partial charge < -0.3 is 32.6 Å². The van der Waals surface area contributed by atoms with Gasteiger partial charge in [-0.1, -0.05) is 0 Å². The van der Waals surface area contributed by atoms with Crippen LogP contribution in [0.15, 0.2) is 72.8 Å². The summed E-state index contributed by atoms with van der Waals surface area (Å²) >= 11 is 0. The summed E-state index contributed by atoms with van der Waals surface area (Å²) in [5.41, 5.74) is 26.8. The number of nitrogens with one attached hydrogen (secondary N) is 2. The minimum atomic E-state index is 0.686. The van der Waals surface area contributed by atoms with Gasteiger partial charge in [0.15, 0.2) is 0 Å². The molecule has 0 aliphatic heterocycles. The van der Waals surface area contributed by atoms with Gasteiger partial charge in [-0.2, -0.15) is 0 Å². The van der Waals surface area contributed by atoms with Gasteiger partial charge in [-0.3, -0.25) is 0 Å². The van der Waals surface area contributed by atoms with Crippen LogP contribution >= 0.6 is 0 Å². The molecule has 0 saturated heterocycles. The summed E-state index contributed by atoms with van der Waals surface area (Å²) in [6, 6.07) is 23.3. The first-order chi connectivity index (χ1) is 15.8. The van der Waals surface area contributed by atoms with E-state index < -0.39 is 0 Å². The number of benzene rings is 4. The van der Waals surface area contributed by atoms with E-state index in [9.17, 15) is 0 Å². The van der Waals surface area contributed by atoms with Crippen LogP contribution < -0.4 is 32.6 Å². The van der Waals surface area contributed by atoms with E-state index in [4.69, 9.17) is 21.9 Å². The van der Waals surface area contributed by atoms with Gasteiger partial charge >= 0.3 is 0 Å². The van der Waals surface area contributed by atoms with Crippen LogP contribution in [-0.4, -0.2) is 0 Å². The lowest BCUT2D eigenvalue weighted by Gasteiger charge is -2.15. The summed E-state index contributed by atoms with van der Waals surface area (Å²) in [6.45, 7) is 5.93. The molecule has 6 heteroatoms. The molecular weight excluding hydrogens is 410 g/mol. The number of aryl methyl sites for hydroxylation is 3. The summed E-state index contributed by atoms with van der Waals surface area (Å²) in [5, 5.41) is 6.90. The fraction of sp³-hybridized carbons (Fsp3) is 0.111. The maximum absolute atomic E-state index is 6.18. The number of anilines is 7. The van der Waals surface area contributed by atoms with Crippen molar-refractivity contribution in [1.82, 2.24) is 0 Å². The van der Waals surface area contributed by atoms with Gasteiger partial charge in [-0.15, -0.1) is 0 Å². The normalized spacial score (nSPS) is 10.6. The second-order valence-electron chi connectivity index (χ2n) is 8.26. The first-order valence-electron chi connectivity index (χ1n) is 10.7. The number of hydrogen-bond acceptors (Lipinski definition) is 6. The van der Waals surface area contributed by atoms with E-state index in [0.717, 1.165) is 62.3 Å². The Morgan fingerprint density at radius 1 is 0.485 bits per heavy atom. The molecular formula is C27H29N5O. The monoisotopic (exact) mass is 439 g/mol. The van der Waals surface area contributed by atoms with E-state index in [1.807, 2.05) is 93.6 Å². The highest BCUT2D eigenvalue weighted by atomic mass is 16.5. The van der Waals surface area contributed by atoms with Crippen molar-refractivity contribution in [3.05, 3.63) is 89.5 Å². The Balaban J connectivity index is 1.68. The molecule has 0 bridgehead atoms. The Hall–Kier alpha value is -4.32. The number of ether oxygens (including phenoxy) is 1. The molecule has 0 radical (unpaired) electrons. The van der Waals surface area contributed by atoms with Gasteiger partial charge in [0.2, 0.25) is 0 Å². The lowest BCUT2D eigenvalue weighted by Crippen LogP contribution is -1.98. The predicted octanol–water partition coefficient (Wildman–Crippen LogP) is 6.64.